The van der Waals surface area contributed by atoms with Crippen LogP contribution in [0, 0.1) is 5.92 Å². The lowest BCUT2D eigenvalue weighted by molar-refractivity contribution is -0.145. The molecule has 2 atom stereocenters. The highest BCUT2D eigenvalue weighted by Gasteiger charge is 2.34. The number of para-hydroxylation sites is 2. The molecule has 0 saturated heterocycles. The molecule has 1 fully saturated rings. The van der Waals surface area contributed by atoms with Gasteiger partial charge in [0.25, 0.3) is 5.91 Å². The van der Waals surface area contributed by atoms with Crippen molar-refractivity contribution in [2.45, 2.75) is 31.7 Å². The number of methoxy groups -OCH3 is 1. The third-order valence-electron chi connectivity index (χ3n) is 5.55. The zero-order chi connectivity index (χ0) is 20.4. The first-order valence-corrected chi connectivity index (χ1v) is 9.76. The zero-order valence-corrected chi connectivity index (χ0v) is 16.2. The molecule has 0 radical (unpaired) electrons. The molecule has 0 unspecified atom stereocenters. The molecule has 29 heavy (non-hydrogen) atoms. The summed E-state index contributed by atoms with van der Waals surface area (Å²) in [6.07, 6.45) is 2.22. The van der Waals surface area contributed by atoms with Gasteiger partial charge >= 0.3 is 5.97 Å². The molecule has 1 aliphatic rings. The topological polar surface area (TPSA) is 85.4 Å². The molecule has 1 aliphatic carbocycles. The van der Waals surface area contributed by atoms with Gasteiger partial charge in [0.15, 0.2) is 0 Å². The number of benzene rings is 2. The lowest BCUT2D eigenvalue weighted by Crippen LogP contribution is -2.48. The van der Waals surface area contributed by atoms with Gasteiger partial charge in [0.2, 0.25) is 0 Å². The van der Waals surface area contributed by atoms with E-state index in [9.17, 15) is 14.4 Å². The number of aromatic nitrogens is 1. The highest BCUT2D eigenvalue weighted by atomic mass is 16.5. The molecular formula is C23H22N2O4. The second-order valence-corrected chi connectivity index (χ2v) is 7.39. The van der Waals surface area contributed by atoms with E-state index in [1.165, 1.54) is 7.11 Å². The summed E-state index contributed by atoms with van der Waals surface area (Å²) in [5.74, 6) is -1.04. The zero-order valence-electron chi connectivity index (χ0n) is 16.2. The number of carbonyl (C=O) groups excluding carboxylic acids is 3. The molecule has 6 heteroatoms. The van der Waals surface area contributed by atoms with Gasteiger partial charge in [-0.2, -0.15) is 0 Å². The molecule has 0 bridgehead atoms. The standard InChI is InChI=1S/C23H22N2O4/c1-29-23(28)21(14-7-6-8-15(26)13-14)25-22(27)20-16-9-2-4-11-18(16)24-19-12-5-3-10-17(19)20/h2-5,9-12,14,21H,6-8,13H2,1H3,(H,25,27)/t14-,21-/m1/s1. The molecule has 0 spiro atoms. The van der Waals surface area contributed by atoms with Gasteiger partial charge in [0.1, 0.15) is 11.8 Å². The molecular weight excluding hydrogens is 368 g/mol. The molecule has 1 saturated carbocycles. The monoisotopic (exact) mass is 390 g/mol. The first-order valence-electron chi connectivity index (χ1n) is 9.76. The molecule has 1 N–H and O–H groups in total. The van der Waals surface area contributed by atoms with E-state index in [2.05, 4.69) is 10.3 Å². The summed E-state index contributed by atoms with van der Waals surface area (Å²) < 4.78 is 4.94. The summed E-state index contributed by atoms with van der Waals surface area (Å²) in [6.45, 7) is 0. The normalized spacial score (nSPS) is 17.8. The van der Waals surface area contributed by atoms with Crippen molar-refractivity contribution in [2.75, 3.05) is 7.11 Å². The third-order valence-corrected chi connectivity index (χ3v) is 5.55. The van der Waals surface area contributed by atoms with Crippen molar-refractivity contribution in [1.82, 2.24) is 10.3 Å². The number of hydrogen-bond donors (Lipinski definition) is 1. The fourth-order valence-corrected chi connectivity index (χ4v) is 4.14. The first-order chi connectivity index (χ1) is 14.1. The fraction of sp³-hybridized carbons (Fsp3) is 0.304. The Labute approximate surface area is 168 Å². The Bertz CT molecular complexity index is 1050. The first kappa shape index (κ1) is 19.1. The van der Waals surface area contributed by atoms with Gasteiger partial charge in [0, 0.05) is 23.6 Å². The van der Waals surface area contributed by atoms with E-state index >= 15 is 0 Å². The predicted molar refractivity (Wildman–Crippen MR) is 109 cm³/mol. The smallest absolute Gasteiger partial charge is 0.328 e. The molecule has 4 rings (SSSR count). The number of carbonyl (C=O) groups is 3. The SMILES string of the molecule is COC(=O)[C@H](NC(=O)c1c2ccccc2nc2ccccc12)[C@@H]1CCCC(=O)C1. The summed E-state index contributed by atoms with van der Waals surface area (Å²) in [5.41, 5.74) is 1.89. The van der Waals surface area contributed by atoms with Crippen molar-refractivity contribution in [1.29, 1.82) is 0 Å². The van der Waals surface area contributed by atoms with Gasteiger partial charge < -0.3 is 10.1 Å². The number of ether oxygens (including phenoxy) is 1. The minimum atomic E-state index is -0.859. The van der Waals surface area contributed by atoms with E-state index in [0.29, 0.717) is 46.6 Å². The number of esters is 1. The number of pyridine rings is 1. The van der Waals surface area contributed by atoms with Crippen LogP contribution >= 0.6 is 0 Å². The van der Waals surface area contributed by atoms with Crippen molar-refractivity contribution >= 4 is 39.5 Å². The average Bonchev–Trinajstić information content (AvgIpc) is 2.75. The van der Waals surface area contributed by atoms with E-state index in [4.69, 9.17) is 4.74 Å². The maximum absolute atomic E-state index is 13.4. The molecule has 1 aromatic heterocycles. The fourth-order valence-electron chi connectivity index (χ4n) is 4.14. The molecule has 148 valence electrons. The van der Waals surface area contributed by atoms with Crippen LogP contribution in [0.4, 0.5) is 0 Å². The van der Waals surface area contributed by atoms with Crippen LogP contribution in [0.25, 0.3) is 21.8 Å². The van der Waals surface area contributed by atoms with E-state index in [1.807, 2.05) is 48.5 Å². The highest BCUT2D eigenvalue weighted by molar-refractivity contribution is 6.16. The molecule has 0 aliphatic heterocycles. The minimum Gasteiger partial charge on any atom is -0.467 e. The maximum Gasteiger partial charge on any atom is 0.328 e. The predicted octanol–water partition coefficient (Wildman–Crippen LogP) is 3.42. The average molecular weight is 390 g/mol. The largest absolute Gasteiger partial charge is 0.467 e. The summed E-state index contributed by atoms with van der Waals surface area (Å²) in [5, 5.41) is 4.29. The quantitative estimate of drug-likeness (QED) is 0.545. The number of ketones is 1. The summed E-state index contributed by atoms with van der Waals surface area (Å²) in [4.78, 5) is 42.4. The Kier molecular flexibility index (Phi) is 5.25. The Morgan fingerprint density at radius 2 is 1.69 bits per heavy atom. The molecule has 1 heterocycles. The number of amides is 1. The number of fused-ring (bicyclic) bond motifs is 2. The van der Waals surface area contributed by atoms with Gasteiger partial charge in [-0.25, -0.2) is 9.78 Å². The van der Waals surface area contributed by atoms with E-state index in [-0.39, 0.29) is 24.0 Å². The Hall–Kier alpha value is -3.28. The molecule has 3 aromatic rings. The van der Waals surface area contributed by atoms with Gasteiger partial charge in [-0.05, 0) is 30.9 Å². The van der Waals surface area contributed by atoms with Crippen LogP contribution < -0.4 is 5.32 Å². The Morgan fingerprint density at radius 3 is 2.28 bits per heavy atom. The van der Waals surface area contributed by atoms with Crippen LogP contribution in [0.1, 0.15) is 36.0 Å². The second kappa shape index (κ2) is 7.99. The van der Waals surface area contributed by atoms with Crippen LogP contribution in [0.5, 0.6) is 0 Å². The number of nitrogens with zero attached hydrogens (tertiary/aromatic N) is 1. The summed E-state index contributed by atoms with van der Waals surface area (Å²) in [7, 11) is 1.30. The van der Waals surface area contributed by atoms with Crippen molar-refractivity contribution < 1.29 is 19.1 Å². The number of rotatable bonds is 4. The van der Waals surface area contributed by atoms with Crippen LogP contribution in [0.15, 0.2) is 48.5 Å². The lowest BCUT2D eigenvalue weighted by Gasteiger charge is -2.28. The van der Waals surface area contributed by atoms with Gasteiger partial charge in [-0.3, -0.25) is 9.59 Å². The molecule has 6 nitrogen and oxygen atoms in total. The van der Waals surface area contributed by atoms with E-state index in [0.717, 1.165) is 0 Å². The third kappa shape index (κ3) is 3.70. The van der Waals surface area contributed by atoms with E-state index in [1.54, 1.807) is 0 Å². The Balaban J connectivity index is 1.77. The van der Waals surface area contributed by atoms with Crippen LogP contribution in [0.2, 0.25) is 0 Å². The summed E-state index contributed by atoms with van der Waals surface area (Å²) in [6, 6.07) is 14.0. The van der Waals surface area contributed by atoms with Crippen LogP contribution in [-0.2, 0) is 14.3 Å². The second-order valence-electron chi connectivity index (χ2n) is 7.39. The van der Waals surface area contributed by atoms with Crippen molar-refractivity contribution in [2.24, 2.45) is 5.92 Å². The number of Topliss-reactive ketones (excluding diaryl/α,β-unsaturated/α-hetero) is 1. The van der Waals surface area contributed by atoms with Gasteiger partial charge in [0.05, 0.1) is 23.7 Å². The van der Waals surface area contributed by atoms with Crippen molar-refractivity contribution in [3.8, 4) is 0 Å². The maximum atomic E-state index is 13.4. The van der Waals surface area contributed by atoms with E-state index < -0.39 is 12.0 Å². The number of hydrogen-bond acceptors (Lipinski definition) is 5. The minimum absolute atomic E-state index is 0.115. The highest BCUT2D eigenvalue weighted by Crippen LogP contribution is 2.28. The Morgan fingerprint density at radius 1 is 1.07 bits per heavy atom. The number of nitrogens with one attached hydrogen (secondary N) is 1. The van der Waals surface area contributed by atoms with Crippen molar-refractivity contribution in [3.05, 3.63) is 54.1 Å². The molecule has 1 amide bonds. The van der Waals surface area contributed by atoms with Crippen molar-refractivity contribution in [3.63, 3.8) is 0 Å². The summed E-state index contributed by atoms with van der Waals surface area (Å²) >= 11 is 0. The van der Waals surface area contributed by atoms with Crippen LogP contribution in [0.3, 0.4) is 0 Å². The molecule has 2 aromatic carbocycles. The lowest BCUT2D eigenvalue weighted by atomic mass is 9.83. The van der Waals surface area contributed by atoms with Gasteiger partial charge in [-0.15, -0.1) is 0 Å². The van der Waals surface area contributed by atoms with Gasteiger partial charge in [-0.1, -0.05) is 36.4 Å². The van der Waals surface area contributed by atoms with Crippen LogP contribution in [-0.4, -0.2) is 35.8 Å².